The molecule has 0 saturated heterocycles. The molecule has 3 N–H and O–H groups in total. The molecular weight excluding hydrogens is 352 g/mol. The number of hydrogen-bond donors (Lipinski definition) is 3. The number of benzene rings is 1. The molecule has 27 heavy (non-hydrogen) atoms. The van der Waals surface area contributed by atoms with E-state index < -0.39 is 17.7 Å². The fourth-order valence-corrected chi connectivity index (χ4v) is 3.21. The third-order valence-corrected chi connectivity index (χ3v) is 4.40. The van der Waals surface area contributed by atoms with Crippen LogP contribution in [0.4, 0.5) is 5.82 Å². The summed E-state index contributed by atoms with van der Waals surface area (Å²) in [5, 5.41) is 29.7. The Bertz CT molecular complexity index is 881. The maximum Gasteiger partial charge on any atom is 0.264 e. The number of aliphatic hydroxyl groups excluding tert-OH is 1. The van der Waals surface area contributed by atoms with Gasteiger partial charge in [-0.25, -0.2) is 5.10 Å². The highest BCUT2D eigenvalue weighted by molar-refractivity contribution is 5.50. The van der Waals surface area contributed by atoms with Gasteiger partial charge in [0.15, 0.2) is 5.60 Å². The standard InChI is InChI=1S/C18H20N4O5/c1-25-9-18(10-26-2)17(24)16(20-14-5-6-15(23)22-21-14)12-7-11(8-19)3-4-13(12)27-18/h3-7,16-17,24H,9-10H2,1-2H3,(H,20,21)(H,22,23)/t16-,17+/m1/s1. The van der Waals surface area contributed by atoms with E-state index in [-0.39, 0.29) is 18.8 Å². The Labute approximate surface area is 155 Å². The van der Waals surface area contributed by atoms with Crippen LogP contribution in [0.25, 0.3) is 0 Å². The molecule has 1 aliphatic heterocycles. The molecule has 1 aromatic carbocycles. The molecule has 2 atom stereocenters. The summed E-state index contributed by atoms with van der Waals surface area (Å²) in [7, 11) is 3.02. The maximum absolute atomic E-state index is 11.2. The van der Waals surface area contributed by atoms with Crippen LogP contribution in [-0.2, 0) is 9.47 Å². The van der Waals surface area contributed by atoms with Gasteiger partial charge in [-0.2, -0.15) is 10.4 Å². The molecule has 9 nitrogen and oxygen atoms in total. The predicted molar refractivity (Wildman–Crippen MR) is 95.5 cm³/mol. The van der Waals surface area contributed by atoms with Crippen molar-refractivity contribution in [2.45, 2.75) is 17.7 Å². The highest BCUT2D eigenvalue weighted by Crippen LogP contribution is 2.42. The number of aliphatic hydroxyl groups is 1. The van der Waals surface area contributed by atoms with Crippen LogP contribution < -0.4 is 15.6 Å². The van der Waals surface area contributed by atoms with Crippen molar-refractivity contribution in [1.29, 1.82) is 5.26 Å². The first kappa shape index (κ1) is 18.8. The van der Waals surface area contributed by atoms with Crippen LogP contribution in [0.2, 0.25) is 0 Å². The van der Waals surface area contributed by atoms with Gasteiger partial charge in [0, 0.05) is 25.8 Å². The minimum atomic E-state index is -1.16. The van der Waals surface area contributed by atoms with Crippen molar-refractivity contribution in [1.82, 2.24) is 10.2 Å². The van der Waals surface area contributed by atoms with E-state index in [1.54, 1.807) is 18.2 Å². The number of nitrogens with one attached hydrogen (secondary N) is 2. The Hall–Kier alpha value is -2.93. The largest absolute Gasteiger partial charge is 0.479 e. The SMILES string of the molecule is COCC1(COC)Oc2ccc(C#N)cc2[C@@H](Nc2ccc(=O)[nH]n2)[C@@H]1O. The van der Waals surface area contributed by atoms with E-state index in [1.807, 2.05) is 0 Å². The molecule has 2 heterocycles. The Morgan fingerprint density at radius 2 is 2.07 bits per heavy atom. The maximum atomic E-state index is 11.2. The van der Waals surface area contributed by atoms with Crippen LogP contribution >= 0.6 is 0 Å². The number of nitrogens with zero attached hydrogens (tertiary/aromatic N) is 2. The summed E-state index contributed by atoms with van der Waals surface area (Å²) in [5.74, 6) is 0.855. The molecule has 0 unspecified atom stereocenters. The second kappa shape index (κ2) is 7.75. The smallest absolute Gasteiger partial charge is 0.264 e. The van der Waals surface area contributed by atoms with Gasteiger partial charge in [-0.1, -0.05) is 0 Å². The molecule has 0 spiro atoms. The van der Waals surface area contributed by atoms with Gasteiger partial charge in [0.1, 0.15) is 17.7 Å². The first-order chi connectivity index (χ1) is 13.0. The summed E-state index contributed by atoms with van der Waals surface area (Å²) < 4.78 is 16.6. The third kappa shape index (κ3) is 3.64. The quantitative estimate of drug-likeness (QED) is 0.671. The zero-order valence-corrected chi connectivity index (χ0v) is 14.9. The van der Waals surface area contributed by atoms with E-state index in [0.717, 1.165) is 0 Å². The second-order valence-corrected chi connectivity index (χ2v) is 6.27. The van der Waals surface area contributed by atoms with Crippen molar-refractivity contribution in [3.63, 3.8) is 0 Å². The molecule has 3 rings (SSSR count). The number of hydrogen-bond acceptors (Lipinski definition) is 8. The van der Waals surface area contributed by atoms with E-state index >= 15 is 0 Å². The Morgan fingerprint density at radius 3 is 2.67 bits per heavy atom. The topological polar surface area (TPSA) is 129 Å². The molecule has 0 fully saturated rings. The molecule has 142 valence electrons. The lowest BCUT2D eigenvalue weighted by molar-refractivity contribution is -0.142. The number of aromatic nitrogens is 2. The summed E-state index contributed by atoms with van der Waals surface area (Å²) in [6, 6.07) is 9.18. The molecular formula is C18H20N4O5. The molecule has 0 radical (unpaired) electrons. The van der Waals surface area contributed by atoms with Crippen LogP contribution in [-0.4, -0.2) is 54.4 Å². The summed E-state index contributed by atoms with van der Waals surface area (Å²) >= 11 is 0. The summed E-state index contributed by atoms with van der Waals surface area (Å²) in [6.45, 7) is 0.164. The Balaban J connectivity index is 2.08. The number of aromatic amines is 1. The average molecular weight is 372 g/mol. The average Bonchev–Trinajstić information content (AvgIpc) is 2.67. The number of methoxy groups -OCH3 is 2. The molecule has 9 heteroatoms. The molecule has 0 amide bonds. The summed E-state index contributed by atoms with van der Waals surface area (Å²) in [6.07, 6.45) is -1.09. The van der Waals surface area contributed by atoms with E-state index in [1.165, 1.54) is 26.4 Å². The van der Waals surface area contributed by atoms with Crippen molar-refractivity contribution in [3.05, 3.63) is 51.8 Å². The molecule has 0 aliphatic carbocycles. The Kier molecular flexibility index (Phi) is 5.41. The number of fused-ring (bicyclic) bond motifs is 1. The van der Waals surface area contributed by atoms with Crippen LogP contribution in [0.1, 0.15) is 17.2 Å². The van der Waals surface area contributed by atoms with Gasteiger partial charge >= 0.3 is 0 Å². The number of nitriles is 1. The van der Waals surface area contributed by atoms with Crippen molar-refractivity contribution in [2.24, 2.45) is 0 Å². The number of rotatable bonds is 6. The molecule has 1 aliphatic rings. The van der Waals surface area contributed by atoms with Crippen LogP contribution in [0.15, 0.2) is 35.1 Å². The lowest BCUT2D eigenvalue weighted by atomic mass is 9.84. The van der Waals surface area contributed by atoms with Gasteiger partial charge in [-0.15, -0.1) is 0 Å². The highest BCUT2D eigenvalue weighted by Gasteiger charge is 2.50. The number of anilines is 1. The summed E-state index contributed by atoms with van der Waals surface area (Å²) in [4.78, 5) is 11.2. The first-order valence-electron chi connectivity index (χ1n) is 8.24. The minimum Gasteiger partial charge on any atom is -0.479 e. The van der Waals surface area contributed by atoms with Crippen molar-refractivity contribution < 1.29 is 19.3 Å². The fraction of sp³-hybridized carbons (Fsp3) is 0.389. The van der Waals surface area contributed by atoms with Crippen molar-refractivity contribution >= 4 is 5.82 Å². The Morgan fingerprint density at radius 1 is 1.33 bits per heavy atom. The van der Waals surface area contributed by atoms with Crippen LogP contribution in [0.5, 0.6) is 5.75 Å². The lowest BCUT2D eigenvalue weighted by Crippen LogP contribution is -2.60. The van der Waals surface area contributed by atoms with Crippen LogP contribution in [0.3, 0.4) is 0 Å². The van der Waals surface area contributed by atoms with E-state index in [2.05, 4.69) is 21.6 Å². The van der Waals surface area contributed by atoms with E-state index in [4.69, 9.17) is 14.2 Å². The van der Waals surface area contributed by atoms with Crippen LogP contribution in [0, 0.1) is 11.3 Å². The summed E-state index contributed by atoms with van der Waals surface area (Å²) in [5.41, 5.74) is -0.479. The number of H-pyrrole nitrogens is 1. The monoisotopic (exact) mass is 372 g/mol. The molecule has 0 bridgehead atoms. The van der Waals surface area contributed by atoms with Gasteiger partial charge in [0.05, 0.1) is 30.9 Å². The minimum absolute atomic E-state index is 0.0820. The van der Waals surface area contributed by atoms with E-state index in [0.29, 0.717) is 22.7 Å². The predicted octanol–water partition coefficient (Wildman–Crippen LogP) is 0.580. The molecule has 2 aromatic rings. The zero-order chi connectivity index (χ0) is 19.4. The van der Waals surface area contributed by atoms with Gasteiger partial charge in [0.2, 0.25) is 0 Å². The first-order valence-corrected chi connectivity index (χ1v) is 8.24. The highest BCUT2D eigenvalue weighted by atomic mass is 16.6. The third-order valence-electron chi connectivity index (χ3n) is 4.40. The number of ether oxygens (including phenoxy) is 3. The van der Waals surface area contributed by atoms with Crippen molar-refractivity contribution in [3.8, 4) is 11.8 Å². The van der Waals surface area contributed by atoms with Gasteiger partial charge < -0.3 is 24.6 Å². The van der Waals surface area contributed by atoms with E-state index in [9.17, 15) is 15.2 Å². The van der Waals surface area contributed by atoms with Crippen molar-refractivity contribution in [2.75, 3.05) is 32.8 Å². The second-order valence-electron chi connectivity index (χ2n) is 6.27. The van der Waals surface area contributed by atoms with Gasteiger partial charge in [0.25, 0.3) is 5.56 Å². The van der Waals surface area contributed by atoms with Gasteiger partial charge in [-0.05, 0) is 24.3 Å². The fourth-order valence-electron chi connectivity index (χ4n) is 3.21. The lowest BCUT2D eigenvalue weighted by Gasteiger charge is -2.45. The molecule has 1 aromatic heterocycles. The zero-order valence-electron chi connectivity index (χ0n) is 14.9. The normalized spacial score (nSPS) is 20.2. The molecule has 0 saturated carbocycles. The van der Waals surface area contributed by atoms with Gasteiger partial charge in [-0.3, -0.25) is 4.79 Å².